The molecule has 0 saturated heterocycles. The molecule has 0 spiro atoms. The van der Waals surface area contributed by atoms with Crippen LogP contribution in [-0.4, -0.2) is 6.04 Å². The number of unbranched alkanes of at least 4 members (excludes halogenated alkanes) is 1. The summed E-state index contributed by atoms with van der Waals surface area (Å²) in [6.45, 7) is 4.41. The third-order valence-electron chi connectivity index (χ3n) is 3.44. The van der Waals surface area contributed by atoms with Gasteiger partial charge in [0.1, 0.15) is 5.82 Å². The van der Waals surface area contributed by atoms with Gasteiger partial charge in [-0.3, -0.25) is 0 Å². The fraction of sp³-hybridized carbons (Fsp3) is 0.600. The van der Waals surface area contributed by atoms with Gasteiger partial charge in [-0.2, -0.15) is 0 Å². The van der Waals surface area contributed by atoms with Gasteiger partial charge in [-0.25, -0.2) is 4.39 Å². The van der Waals surface area contributed by atoms with Gasteiger partial charge in [0, 0.05) is 6.04 Å². The van der Waals surface area contributed by atoms with Gasteiger partial charge in [0.25, 0.3) is 0 Å². The lowest BCUT2D eigenvalue weighted by molar-refractivity contribution is 0.368. The molecule has 1 aromatic carbocycles. The summed E-state index contributed by atoms with van der Waals surface area (Å²) in [5, 5.41) is 0. The molecule has 17 heavy (non-hydrogen) atoms. The molecule has 0 amide bonds. The van der Waals surface area contributed by atoms with Crippen molar-refractivity contribution in [2.45, 2.75) is 52.0 Å². The Bertz CT molecular complexity index is 307. The molecule has 0 radical (unpaired) electrons. The topological polar surface area (TPSA) is 26.0 Å². The third-order valence-corrected chi connectivity index (χ3v) is 3.44. The maximum atomic E-state index is 12.8. The van der Waals surface area contributed by atoms with Crippen LogP contribution in [-0.2, 0) is 6.42 Å². The SMILES string of the molecule is CCCCC(CC)C(N)Cc1ccc(F)cc1. The van der Waals surface area contributed by atoms with Gasteiger partial charge in [0.2, 0.25) is 0 Å². The largest absolute Gasteiger partial charge is 0.327 e. The second-order valence-corrected chi connectivity index (χ2v) is 4.81. The van der Waals surface area contributed by atoms with Crippen molar-refractivity contribution >= 4 is 0 Å². The number of benzene rings is 1. The van der Waals surface area contributed by atoms with Crippen molar-refractivity contribution in [3.8, 4) is 0 Å². The summed E-state index contributed by atoms with van der Waals surface area (Å²) >= 11 is 0. The zero-order valence-electron chi connectivity index (χ0n) is 11.0. The van der Waals surface area contributed by atoms with E-state index in [-0.39, 0.29) is 11.9 Å². The Morgan fingerprint density at radius 2 is 1.82 bits per heavy atom. The lowest BCUT2D eigenvalue weighted by atomic mass is 9.88. The van der Waals surface area contributed by atoms with E-state index in [9.17, 15) is 4.39 Å². The Balaban J connectivity index is 2.51. The van der Waals surface area contributed by atoms with Crippen molar-refractivity contribution in [2.75, 3.05) is 0 Å². The Kier molecular flexibility index (Phi) is 6.20. The standard InChI is InChI=1S/C15H24FN/c1-3-5-6-13(4-2)15(17)11-12-7-9-14(16)10-8-12/h7-10,13,15H,3-6,11,17H2,1-2H3. The van der Waals surface area contributed by atoms with Crippen LogP contribution in [0, 0.1) is 11.7 Å². The molecule has 0 aliphatic heterocycles. The molecule has 2 unspecified atom stereocenters. The molecule has 1 nitrogen and oxygen atoms in total. The molecule has 0 saturated carbocycles. The molecular formula is C15H24FN. The van der Waals surface area contributed by atoms with Crippen LogP contribution in [0.5, 0.6) is 0 Å². The quantitative estimate of drug-likeness (QED) is 0.764. The first-order valence-corrected chi connectivity index (χ1v) is 6.67. The summed E-state index contributed by atoms with van der Waals surface area (Å²) in [4.78, 5) is 0. The number of rotatable bonds is 7. The van der Waals surface area contributed by atoms with E-state index in [2.05, 4.69) is 13.8 Å². The Labute approximate surface area is 104 Å². The van der Waals surface area contributed by atoms with Crippen molar-refractivity contribution in [1.29, 1.82) is 0 Å². The van der Waals surface area contributed by atoms with E-state index in [1.165, 1.54) is 31.4 Å². The molecular weight excluding hydrogens is 213 g/mol. The van der Waals surface area contributed by atoms with Gasteiger partial charge in [-0.05, 0) is 36.5 Å². The molecule has 0 aliphatic rings. The fourth-order valence-corrected chi connectivity index (χ4v) is 2.25. The highest BCUT2D eigenvalue weighted by molar-refractivity contribution is 5.17. The number of hydrogen-bond donors (Lipinski definition) is 1. The average molecular weight is 237 g/mol. The minimum absolute atomic E-state index is 0.180. The van der Waals surface area contributed by atoms with Crippen LogP contribution in [0.1, 0.15) is 45.1 Å². The van der Waals surface area contributed by atoms with Crippen LogP contribution in [0.25, 0.3) is 0 Å². The molecule has 2 N–H and O–H groups in total. The van der Waals surface area contributed by atoms with Crippen molar-refractivity contribution in [3.05, 3.63) is 35.6 Å². The lowest BCUT2D eigenvalue weighted by Gasteiger charge is -2.22. The fourth-order valence-electron chi connectivity index (χ4n) is 2.25. The predicted molar refractivity (Wildman–Crippen MR) is 71.4 cm³/mol. The Morgan fingerprint density at radius 1 is 1.18 bits per heavy atom. The second-order valence-electron chi connectivity index (χ2n) is 4.81. The van der Waals surface area contributed by atoms with Crippen LogP contribution in [0.3, 0.4) is 0 Å². The molecule has 0 fully saturated rings. The smallest absolute Gasteiger partial charge is 0.123 e. The van der Waals surface area contributed by atoms with Crippen LogP contribution in [0.2, 0.25) is 0 Å². The van der Waals surface area contributed by atoms with Crippen LogP contribution in [0.15, 0.2) is 24.3 Å². The molecule has 2 heteroatoms. The highest BCUT2D eigenvalue weighted by atomic mass is 19.1. The van der Waals surface area contributed by atoms with Crippen LogP contribution < -0.4 is 5.73 Å². The number of nitrogens with two attached hydrogens (primary N) is 1. The zero-order chi connectivity index (χ0) is 12.7. The normalized spacial score (nSPS) is 14.6. The molecule has 2 atom stereocenters. The minimum Gasteiger partial charge on any atom is -0.327 e. The van der Waals surface area contributed by atoms with Crippen molar-refractivity contribution in [3.63, 3.8) is 0 Å². The first-order valence-electron chi connectivity index (χ1n) is 6.67. The van der Waals surface area contributed by atoms with Gasteiger partial charge in [-0.15, -0.1) is 0 Å². The third kappa shape index (κ3) is 4.86. The summed E-state index contributed by atoms with van der Waals surface area (Å²) < 4.78 is 12.8. The number of hydrogen-bond acceptors (Lipinski definition) is 1. The summed E-state index contributed by atoms with van der Waals surface area (Å²) in [6.07, 6.45) is 5.65. The predicted octanol–water partition coefficient (Wildman–Crippen LogP) is 3.91. The van der Waals surface area contributed by atoms with Crippen LogP contribution in [0.4, 0.5) is 4.39 Å². The summed E-state index contributed by atoms with van der Waals surface area (Å²) in [5.41, 5.74) is 7.38. The van der Waals surface area contributed by atoms with Crippen molar-refractivity contribution in [1.82, 2.24) is 0 Å². The zero-order valence-corrected chi connectivity index (χ0v) is 11.0. The van der Waals surface area contributed by atoms with Gasteiger partial charge < -0.3 is 5.73 Å². The molecule has 0 aromatic heterocycles. The molecule has 0 aliphatic carbocycles. The summed E-state index contributed by atoms with van der Waals surface area (Å²) in [7, 11) is 0. The Morgan fingerprint density at radius 3 is 2.35 bits per heavy atom. The molecule has 0 bridgehead atoms. The van der Waals surface area contributed by atoms with Gasteiger partial charge in [0.05, 0.1) is 0 Å². The van der Waals surface area contributed by atoms with Gasteiger partial charge >= 0.3 is 0 Å². The molecule has 0 heterocycles. The molecule has 96 valence electrons. The first-order chi connectivity index (χ1) is 8.17. The van der Waals surface area contributed by atoms with E-state index in [1.54, 1.807) is 0 Å². The van der Waals surface area contributed by atoms with E-state index in [0.29, 0.717) is 5.92 Å². The van der Waals surface area contributed by atoms with E-state index in [0.717, 1.165) is 18.4 Å². The van der Waals surface area contributed by atoms with Crippen molar-refractivity contribution in [2.24, 2.45) is 11.7 Å². The number of halogens is 1. The van der Waals surface area contributed by atoms with Gasteiger partial charge in [-0.1, -0.05) is 45.2 Å². The maximum absolute atomic E-state index is 12.8. The van der Waals surface area contributed by atoms with E-state index >= 15 is 0 Å². The van der Waals surface area contributed by atoms with Crippen LogP contribution >= 0.6 is 0 Å². The first kappa shape index (κ1) is 14.2. The highest BCUT2D eigenvalue weighted by Gasteiger charge is 2.15. The minimum atomic E-state index is -0.180. The lowest BCUT2D eigenvalue weighted by Crippen LogP contribution is -2.32. The maximum Gasteiger partial charge on any atom is 0.123 e. The summed E-state index contributed by atoms with van der Waals surface area (Å²) in [5.74, 6) is 0.403. The Hall–Kier alpha value is -0.890. The second kappa shape index (κ2) is 7.44. The van der Waals surface area contributed by atoms with E-state index in [1.807, 2.05) is 12.1 Å². The van der Waals surface area contributed by atoms with Crippen molar-refractivity contribution < 1.29 is 4.39 Å². The monoisotopic (exact) mass is 237 g/mol. The molecule has 1 aromatic rings. The average Bonchev–Trinajstić information content (AvgIpc) is 2.33. The van der Waals surface area contributed by atoms with E-state index < -0.39 is 0 Å². The highest BCUT2D eigenvalue weighted by Crippen LogP contribution is 2.18. The molecule has 1 rings (SSSR count). The van der Waals surface area contributed by atoms with Gasteiger partial charge in [0.15, 0.2) is 0 Å². The summed E-state index contributed by atoms with van der Waals surface area (Å²) in [6, 6.07) is 6.88. The van der Waals surface area contributed by atoms with E-state index in [4.69, 9.17) is 5.73 Å².